The van der Waals surface area contributed by atoms with Gasteiger partial charge in [0.15, 0.2) is 5.01 Å². The number of carbonyl (C=O) groups is 3. The van der Waals surface area contributed by atoms with Gasteiger partial charge in [0.25, 0.3) is 0 Å². The number of para-hydroxylation sites is 1. The van der Waals surface area contributed by atoms with Crippen LogP contribution in [0.3, 0.4) is 0 Å². The molecule has 2 atom stereocenters. The van der Waals surface area contributed by atoms with Crippen molar-refractivity contribution in [2.24, 2.45) is 5.92 Å². The third kappa shape index (κ3) is 6.86. The summed E-state index contributed by atoms with van der Waals surface area (Å²) in [6.45, 7) is 5.85. The molecule has 0 aliphatic heterocycles. The molecule has 2 aromatic carbocycles. The Morgan fingerprint density at radius 3 is 2.33 bits per heavy atom. The molecule has 3 rings (SSSR count). The lowest BCUT2D eigenvalue weighted by Gasteiger charge is -2.22. The van der Waals surface area contributed by atoms with E-state index >= 15 is 0 Å². The van der Waals surface area contributed by atoms with Gasteiger partial charge >= 0.3 is 6.09 Å². The first-order valence-corrected chi connectivity index (χ1v) is 11.9. The Balaban J connectivity index is 1.64. The number of thiazole rings is 1. The molecular weight excluding hydrogens is 438 g/mol. The van der Waals surface area contributed by atoms with Gasteiger partial charge in [-0.3, -0.25) is 9.59 Å². The van der Waals surface area contributed by atoms with Crippen LogP contribution in [0.25, 0.3) is 10.2 Å². The molecule has 174 valence electrons. The number of benzene rings is 2. The van der Waals surface area contributed by atoms with Crippen LogP contribution in [0.1, 0.15) is 49.0 Å². The second-order valence-corrected chi connectivity index (χ2v) is 9.24. The Hall–Kier alpha value is -3.26. The number of nitrogens with zero attached hydrogens (tertiary/aromatic N) is 1. The minimum atomic E-state index is -0.814. The topological polar surface area (TPSA) is 97.4 Å². The summed E-state index contributed by atoms with van der Waals surface area (Å²) in [4.78, 5) is 42.8. The van der Waals surface area contributed by atoms with Crippen molar-refractivity contribution >= 4 is 39.3 Å². The van der Waals surface area contributed by atoms with Gasteiger partial charge in [-0.1, -0.05) is 63.2 Å². The first-order valence-electron chi connectivity index (χ1n) is 11.0. The zero-order valence-corrected chi connectivity index (χ0v) is 19.9. The van der Waals surface area contributed by atoms with Crippen LogP contribution in [-0.2, 0) is 16.1 Å². The van der Waals surface area contributed by atoms with E-state index in [0.717, 1.165) is 15.8 Å². The van der Waals surface area contributed by atoms with E-state index in [1.807, 2.05) is 75.4 Å². The predicted molar refractivity (Wildman–Crippen MR) is 129 cm³/mol. The maximum atomic E-state index is 13.0. The quantitative estimate of drug-likeness (QED) is 0.421. The maximum Gasteiger partial charge on any atom is 0.408 e. The molecule has 0 saturated heterocycles. The molecule has 0 aliphatic rings. The number of hydrogen-bond donors (Lipinski definition) is 2. The van der Waals surface area contributed by atoms with Crippen molar-refractivity contribution in [1.29, 1.82) is 0 Å². The monoisotopic (exact) mass is 467 g/mol. The number of nitrogens with one attached hydrogen (secondary N) is 2. The van der Waals surface area contributed by atoms with Gasteiger partial charge in [0.1, 0.15) is 12.6 Å². The molecule has 0 spiro atoms. The van der Waals surface area contributed by atoms with Gasteiger partial charge in [-0.15, -0.1) is 11.3 Å². The van der Waals surface area contributed by atoms with Crippen molar-refractivity contribution in [3.05, 3.63) is 65.2 Å². The van der Waals surface area contributed by atoms with E-state index in [9.17, 15) is 14.4 Å². The number of alkyl carbamates (subject to hydrolysis) is 1. The summed E-state index contributed by atoms with van der Waals surface area (Å²) in [5, 5.41) is 5.81. The fraction of sp³-hybridized carbons (Fsp3) is 0.360. The lowest BCUT2D eigenvalue weighted by molar-refractivity contribution is -0.124. The van der Waals surface area contributed by atoms with E-state index in [0.29, 0.717) is 17.8 Å². The number of Topliss-reactive ketones (excluding diaryl/α,β-unsaturated/α-hetero) is 1. The Morgan fingerprint density at radius 1 is 0.970 bits per heavy atom. The highest BCUT2D eigenvalue weighted by molar-refractivity contribution is 7.20. The summed E-state index contributed by atoms with van der Waals surface area (Å²) in [5.74, 6) is -0.501. The van der Waals surface area contributed by atoms with Crippen LogP contribution in [-0.4, -0.2) is 34.9 Å². The number of amides is 2. The van der Waals surface area contributed by atoms with Crippen molar-refractivity contribution in [3.8, 4) is 0 Å². The van der Waals surface area contributed by atoms with Crippen molar-refractivity contribution in [1.82, 2.24) is 15.6 Å². The molecule has 0 fully saturated rings. The van der Waals surface area contributed by atoms with E-state index in [1.165, 1.54) is 11.3 Å². The van der Waals surface area contributed by atoms with Gasteiger partial charge in [0.05, 0.1) is 16.3 Å². The number of hydrogen-bond acceptors (Lipinski definition) is 6. The second-order valence-electron chi connectivity index (χ2n) is 8.21. The molecule has 2 amide bonds. The van der Waals surface area contributed by atoms with E-state index in [4.69, 9.17) is 4.74 Å². The Bertz CT molecular complexity index is 1060. The average molecular weight is 468 g/mol. The van der Waals surface area contributed by atoms with Crippen molar-refractivity contribution in [3.63, 3.8) is 0 Å². The number of ether oxygens (including phenoxy) is 1. The van der Waals surface area contributed by atoms with E-state index in [2.05, 4.69) is 15.6 Å². The first-order chi connectivity index (χ1) is 15.9. The summed E-state index contributed by atoms with van der Waals surface area (Å²) in [5.41, 5.74) is 1.61. The summed E-state index contributed by atoms with van der Waals surface area (Å²) in [6, 6.07) is 15.3. The van der Waals surface area contributed by atoms with Crippen molar-refractivity contribution < 1.29 is 19.1 Å². The molecule has 0 radical (unpaired) electrons. The molecular formula is C25H29N3O4S. The van der Waals surface area contributed by atoms with Crippen LogP contribution >= 0.6 is 11.3 Å². The molecule has 2 N–H and O–H groups in total. The molecule has 0 unspecified atom stereocenters. The molecule has 33 heavy (non-hydrogen) atoms. The van der Waals surface area contributed by atoms with Crippen LogP contribution in [0.15, 0.2) is 54.6 Å². The van der Waals surface area contributed by atoms with E-state index in [1.54, 1.807) is 0 Å². The Morgan fingerprint density at radius 2 is 1.67 bits per heavy atom. The van der Waals surface area contributed by atoms with Gasteiger partial charge < -0.3 is 15.4 Å². The molecule has 8 heteroatoms. The van der Waals surface area contributed by atoms with Crippen LogP contribution in [0.4, 0.5) is 4.79 Å². The highest BCUT2D eigenvalue weighted by Gasteiger charge is 2.28. The lowest BCUT2D eigenvalue weighted by Crippen LogP contribution is -2.52. The molecule has 1 heterocycles. The van der Waals surface area contributed by atoms with Crippen molar-refractivity contribution in [2.75, 3.05) is 0 Å². The van der Waals surface area contributed by atoms with Crippen LogP contribution in [0, 0.1) is 5.92 Å². The zero-order chi connectivity index (χ0) is 23.8. The molecule has 3 aromatic rings. The minimum absolute atomic E-state index is 0.108. The van der Waals surface area contributed by atoms with Gasteiger partial charge in [0, 0.05) is 0 Å². The van der Waals surface area contributed by atoms with Gasteiger partial charge in [-0.2, -0.15) is 0 Å². The summed E-state index contributed by atoms with van der Waals surface area (Å²) < 4.78 is 6.19. The van der Waals surface area contributed by atoms with Crippen LogP contribution < -0.4 is 10.6 Å². The maximum absolute atomic E-state index is 13.0. The van der Waals surface area contributed by atoms with E-state index < -0.39 is 24.1 Å². The fourth-order valence-corrected chi connectivity index (χ4v) is 4.32. The highest BCUT2D eigenvalue weighted by atomic mass is 32.1. The smallest absolute Gasteiger partial charge is 0.408 e. The predicted octanol–water partition coefficient (Wildman–Crippen LogP) is 4.71. The van der Waals surface area contributed by atoms with Crippen LogP contribution in [0.2, 0.25) is 0 Å². The average Bonchev–Trinajstić information content (AvgIpc) is 3.25. The van der Waals surface area contributed by atoms with Crippen LogP contribution in [0.5, 0.6) is 0 Å². The molecule has 7 nitrogen and oxygen atoms in total. The number of rotatable bonds is 10. The third-order valence-corrected chi connectivity index (χ3v) is 6.13. The molecule has 0 saturated carbocycles. The number of aromatic nitrogens is 1. The summed E-state index contributed by atoms with van der Waals surface area (Å²) >= 11 is 1.31. The SMILES string of the molecule is CC[C@H](NC(=O)[C@H](CC(C)C)NC(=O)OCc1ccccc1)C(=O)c1nc2ccccc2s1. The minimum Gasteiger partial charge on any atom is -0.445 e. The van der Waals surface area contributed by atoms with Gasteiger partial charge in [-0.05, 0) is 36.5 Å². The Kier molecular flexibility index (Phi) is 8.54. The summed E-state index contributed by atoms with van der Waals surface area (Å²) in [7, 11) is 0. The molecule has 1 aromatic heterocycles. The van der Waals surface area contributed by atoms with E-state index in [-0.39, 0.29) is 18.3 Å². The fourth-order valence-electron chi connectivity index (χ4n) is 3.36. The first kappa shape index (κ1) is 24.4. The molecule has 0 aliphatic carbocycles. The number of fused-ring (bicyclic) bond motifs is 1. The number of ketones is 1. The van der Waals surface area contributed by atoms with Crippen molar-refractivity contribution in [2.45, 2.75) is 52.3 Å². The second kappa shape index (κ2) is 11.6. The van der Waals surface area contributed by atoms with Gasteiger partial charge in [-0.25, -0.2) is 9.78 Å². The number of carbonyl (C=O) groups excluding carboxylic acids is 3. The third-order valence-electron chi connectivity index (χ3n) is 5.07. The highest BCUT2D eigenvalue weighted by Crippen LogP contribution is 2.23. The normalized spacial score (nSPS) is 12.8. The van der Waals surface area contributed by atoms with Gasteiger partial charge in [0.2, 0.25) is 11.7 Å². The molecule has 0 bridgehead atoms. The Labute approximate surface area is 197 Å². The zero-order valence-electron chi connectivity index (χ0n) is 19.0. The lowest BCUT2D eigenvalue weighted by atomic mass is 10.0. The summed E-state index contributed by atoms with van der Waals surface area (Å²) in [6.07, 6.45) is 0.149. The standard InChI is InChI=1S/C25H29N3O4S/c1-4-18(22(29)24-27-19-12-8-9-13-21(19)33-24)26-23(30)20(14-16(2)3)28-25(31)32-15-17-10-6-5-7-11-17/h5-13,16,18,20H,4,14-15H2,1-3H3,(H,26,30)(H,28,31)/t18-,20-/m0/s1. The largest absolute Gasteiger partial charge is 0.445 e.